The van der Waals surface area contributed by atoms with E-state index >= 15 is 0 Å². The van der Waals surface area contributed by atoms with Crippen LogP contribution in [0.4, 0.5) is 0 Å². The molecule has 2 rings (SSSR count). The highest BCUT2D eigenvalue weighted by molar-refractivity contribution is 7.11. The van der Waals surface area contributed by atoms with Crippen molar-refractivity contribution < 1.29 is 4.74 Å². The lowest BCUT2D eigenvalue weighted by Crippen LogP contribution is -2.15. The number of rotatable bonds is 2. The molecule has 3 nitrogen and oxygen atoms in total. The Balaban J connectivity index is 2.23. The molecular formula is C12H14N2OS. The monoisotopic (exact) mass is 234 g/mol. The van der Waals surface area contributed by atoms with Gasteiger partial charge in [-0.25, -0.2) is 4.98 Å². The van der Waals surface area contributed by atoms with Gasteiger partial charge in [-0.3, -0.25) is 0 Å². The van der Waals surface area contributed by atoms with Crippen molar-refractivity contribution in [1.29, 1.82) is 0 Å². The van der Waals surface area contributed by atoms with Crippen molar-refractivity contribution in [2.45, 2.75) is 26.2 Å². The molecule has 2 aromatic rings. The van der Waals surface area contributed by atoms with E-state index in [1.807, 2.05) is 17.5 Å². The molecule has 0 amide bonds. The number of aromatic nitrogens is 2. The van der Waals surface area contributed by atoms with Crippen molar-refractivity contribution in [3.63, 3.8) is 0 Å². The van der Waals surface area contributed by atoms with Gasteiger partial charge in [0.25, 0.3) is 0 Å². The fraction of sp³-hybridized carbons (Fsp3) is 0.333. The average Bonchev–Trinajstić information content (AvgIpc) is 2.70. The number of hydrogen-bond donors (Lipinski definition) is 0. The van der Waals surface area contributed by atoms with Crippen LogP contribution in [0.2, 0.25) is 0 Å². The quantitative estimate of drug-likeness (QED) is 0.796. The van der Waals surface area contributed by atoms with Gasteiger partial charge in [0.15, 0.2) is 5.06 Å². The first kappa shape index (κ1) is 11.1. The average molecular weight is 234 g/mol. The van der Waals surface area contributed by atoms with Gasteiger partial charge in [0.2, 0.25) is 5.88 Å². The molecule has 0 radical (unpaired) electrons. The van der Waals surface area contributed by atoms with E-state index in [1.165, 1.54) is 0 Å². The minimum absolute atomic E-state index is 0.0607. The van der Waals surface area contributed by atoms with Crippen LogP contribution in [-0.4, -0.2) is 9.97 Å². The Morgan fingerprint density at radius 2 is 2.06 bits per heavy atom. The molecule has 16 heavy (non-hydrogen) atoms. The maximum Gasteiger partial charge on any atom is 0.223 e. The smallest absolute Gasteiger partial charge is 0.223 e. The van der Waals surface area contributed by atoms with Crippen LogP contribution in [0.5, 0.6) is 10.9 Å². The highest BCUT2D eigenvalue weighted by Crippen LogP contribution is 2.26. The molecule has 0 N–H and O–H groups in total. The summed E-state index contributed by atoms with van der Waals surface area (Å²) in [5, 5.41) is 2.82. The standard InChI is InChI=1S/C12H14N2OS/c1-12(2,3)11-13-7-6-9(14-11)15-10-5-4-8-16-10/h4-8H,1-3H3. The maximum absolute atomic E-state index is 5.62. The van der Waals surface area contributed by atoms with Gasteiger partial charge in [-0.1, -0.05) is 20.8 Å². The molecule has 0 aromatic carbocycles. The highest BCUT2D eigenvalue weighted by Gasteiger charge is 2.17. The molecule has 0 saturated heterocycles. The van der Waals surface area contributed by atoms with Gasteiger partial charge in [-0.2, -0.15) is 4.98 Å². The molecule has 0 aliphatic carbocycles. The predicted octanol–water partition coefficient (Wildman–Crippen LogP) is 3.63. The molecule has 4 heteroatoms. The minimum Gasteiger partial charge on any atom is -0.428 e. The summed E-state index contributed by atoms with van der Waals surface area (Å²) in [6.07, 6.45) is 1.73. The van der Waals surface area contributed by atoms with Gasteiger partial charge in [-0.05, 0) is 17.5 Å². The predicted molar refractivity (Wildman–Crippen MR) is 65.1 cm³/mol. The highest BCUT2D eigenvalue weighted by atomic mass is 32.1. The summed E-state index contributed by atoms with van der Waals surface area (Å²) >= 11 is 1.55. The fourth-order valence-electron chi connectivity index (χ4n) is 1.18. The van der Waals surface area contributed by atoms with Crippen LogP contribution >= 0.6 is 11.3 Å². The van der Waals surface area contributed by atoms with Gasteiger partial charge >= 0.3 is 0 Å². The van der Waals surface area contributed by atoms with Gasteiger partial charge in [-0.15, -0.1) is 11.3 Å². The lowest BCUT2D eigenvalue weighted by Gasteiger charge is -2.16. The van der Waals surface area contributed by atoms with E-state index in [-0.39, 0.29) is 5.41 Å². The van der Waals surface area contributed by atoms with E-state index in [9.17, 15) is 0 Å². The van der Waals surface area contributed by atoms with Gasteiger partial charge in [0, 0.05) is 17.7 Å². The molecule has 0 unspecified atom stereocenters. The zero-order chi connectivity index (χ0) is 11.6. The van der Waals surface area contributed by atoms with Crippen LogP contribution in [0, 0.1) is 0 Å². The molecule has 0 fully saturated rings. The third-order valence-electron chi connectivity index (χ3n) is 2.00. The summed E-state index contributed by atoms with van der Waals surface area (Å²) in [7, 11) is 0. The van der Waals surface area contributed by atoms with Crippen molar-refractivity contribution in [2.24, 2.45) is 0 Å². The second-order valence-electron chi connectivity index (χ2n) is 4.50. The van der Waals surface area contributed by atoms with E-state index in [4.69, 9.17) is 4.74 Å². The van der Waals surface area contributed by atoms with Crippen molar-refractivity contribution >= 4 is 11.3 Å². The van der Waals surface area contributed by atoms with Crippen molar-refractivity contribution in [2.75, 3.05) is 0 Å². The van der Waals surface area contributed by atoms with Crippen LogP contribution in [0.3, 0.4) is 0 Å². The SMILES string of the molecule is CC(C)(C)c1nccc(Oc2cccs2)n1. The lowest BCUT2D eigenvalue weighted by atomic mass is 9.96. The summed E-state index contributed by atoms with van der Waals surface area (Å²) < 4.78 is 5.62. The van der Waals surface area contributed by atoms with Crippen LogP contribution in [0.1, 0.15) is 26.6 Å². The molecule has 0 bridgehead atoms. The zero-order valence-corrected chi connectivity index (χ0v) is 10.4. The first-order valence-electron chi connectivity index (χ1n) is 5.10. The van der Waals surface area contributed by atoms with E-state index in [0.29, 0.717) is 5.88 Å². The molecule has 84 valence electrons. The molecule has 2 aromatic heterocycles. The minimum atomic E-state index is -0.0607. The van der Waals surface area contributed by atoms with E-state index in [1.54, 1.807) is 23.6 Å². The largest absolute Gasteiger partial charge is 0.428 e. The number of hydrogen-bond acceptors (Lipinski definition) is 4. The van der Waals surface area contributed by atoms with E-state index in [0.717, 1.165) is 10.9 Å². The van der Waals surface area contributed by atoms with Gasteiger partial charge < -0.3 is 4.74 Å². The summed E-state index contributed by atoms with van der Waals surface area (Å²) in [6.45, 7) is 6.24. The third-order valence-corrected chi connectivity index (χ3v) is 2.75. The number of thiophene rings is 1. The zero-order valence-electron chi connectivity index (χ0n) is 9.60. The summed E-state index contributed by atoms with van der Waals surface area (Å²) in [4.78, 5) is 8.64. The summed E-state index contributed by atoms with van der Waals surface area (Å²) in [6, 6.07) is 5.64. The third kappa shape index (κ3) is 2.58. The molecule has 0 aliphatic heterocycles. The Kier molecular flexibility index (Phi) is 2.92. The molecule has 0 aliphatic rings. The van der Waals surface area contributed by atoms with Crippen LogP contribution in [0.25, 0.3) is 0 Å². The summed E-state index contributed by atoms with van der Waals surface area (Å²) in [5.74, 6) is 1.39. The van der Waals surface area contributed by atoms with E-state index < -0.39 is 0 Å². The van der Waals surface area contributed by atoms with Gasteiger partial charge in [0.05, 0.1) is 0 Å². The maximum atomic E-state index is 5.62. The van der Waals surface area contributed by atoms with Crippen LogP contribution in [-0.2, 0) is 5.41 Å². The molecule has 2 heterocycles. The summed E-state index contributed by atoms with van der Waals surface area (Å²) in [5.41, 5.74) is -0.0607. The Morgan fingerprint density at radius 1 is 1.25 bits per heavy atom. The second kappa shape index (κ2) is 4.22. The topological polar surface area (TPSA) is 35.0 Å². The first-order chi connectivity index (χ1) is 7.55. The molecule has 0 saturated carbocycles. The Hall–Kier alpha value is -1.42. The van der Waals surface area contributed by atoms with Crippen molar-refractivity contribution in [3.05, 3.63) is 35.6 Å². The Labute approximate surface area is 99.1 Å². The molecule has 0 spiro atoms. The lowest BCUT2D eigenvalue weighted by molar-refractivity contribution is 0.456. The fourth-order valence-corrected chi connectivity index (χ4v) is 1.77. The molecule has 0 atom stereocenters. The Morgan fingerprint density at radius 3 is 2.69 bits per heavy atom. The number of nitrogens with zero attached hydrogens (tertiary/aromatic N) is 2. The Bertz CT molecular complexity index is 460. The normalized spacial score (nSPS) is 11.4. The van der Waals surface area contributed by atoms with Crippen LogP contribution < -0.4 is 4.74 Å². The second-order valence-corrected chi connectivity index (χ2v) is 5.41. The number of ether oxygens (including phenoxy) is 1. The van der Waals surface area contributed by atoms with Crippen molar-refractivity contribution in [1.82, 2.24) is 9.97 Å². The first-order valence-corrected chi connectivity index (χ1v) is 5.98. The van der Waals surface area contributed by atoms with Crippen molar-refractivity contribution in [3.8, 4) is 10.9 Å². The van der Waals surface area contributed by atoms with E-state index in [2.05, 4.69) is 30.7 Å². The van der Waals surface area contributed by atoms with Gasteiger partial charge in [0.1, 0.15) is 5.82 Å². The van der Waals surface area contributed by atoms with Crippen LogP contribution in [0.15, 0.2) is 29.8 Å². The molecular weight excluding hydrogens is 220 g/mol.